The molecule has 2 aliphatic heterocycles. The van der Waals surface area contributed by atoms with Gasteiger partial charge < -0.3 is 14.8 Å². The van der Waals surface area contributed by atoms with E-state index in [1.807, 2.05) is 0 Å². The van der Waals surface area contributed by atoms with Gasteiger partial charge in [-0.05, 0) is 12.8 Å². The Morgan fingerprint density at radius 2 is 1.87 bits per heavy atom. The highest BCUT2D eigenvalue weighted by atomic mass is 16.7. The molecular weight excluding hydrogens is 194 g/mol. The van der Waals surface area contributed by atoms with Crippen molar-refractivity contribution in [3.63, 3.8) is 0 Å². The maximum absolute atomic E-state index is 11.4. The van der Waals surface area contributed by atoms with Gasteiger partial charge in [0.1, 0.15) is 0 Å². The molecule has 86 valence electrons. The van der Waals surface area contributed by atoms with Crippen molar-refractivity contribution in [2.75, 3.05) is 19.8 Å². The van der Waals surface area contributed by atoms with Crippen LogP contribution in [-0.2, 0) is 14.3 Å². The summed E-state index contributed by atoms with van der Waals surface area (Å²) in [5.74, 6) is -0.329. The van der Waals surface area contributed by atoms with Crippen LogP contribution in [0.15, 0.2) is 0 Å². The maximum Gasteiger partial charge on any atom is 0.220 e. The molecule has 2 fully saturated rings. The first kappa shape index (κ1) is 10.9. The van der Waals surface area contributed by atoms with E-state index in [2.05, 4.69) is 5.32 Å². The smallest absolute Gasteiger partial charge is 0.220 e. The van der Waals surface area contributed by atoms with Crippen molar-refractivity contribution in [2.24, 2.45) is 0 Å². The summed E-state index contributed by atoms with van der Waals surface area (Å²) in [4.78, 5) is 11.4. The van der Waals surface area contributed by atoms with Gasteiger partial charge in [0.15, 0.2) is 5.79 Å². The lowest BCUT2D eigenvalue weighted by Crippen LogP contribution is -2.34. The molecule has 0 aliphatic carbocycles. The van der Waals surface area contributed by atoms with Gasteiger partial charge in [-0.2, -0.15) is 0 Å². The second-order valence-corrected chi connectivity index (χ2v) is 4.27. The zero-order valence-corrected chi connectivity index (χ0v) is 9.09. The highest BCUT2D eigenvalue weighted by Gasteiger charge is 2.36. The lowest BCUT2D eigenvalue weighted by atomic mass is 10.0. The number of amides is 1. The van der Waals surface area contributed by atoms with Crippen molar-refractivity contribution in [3.05, 3.63) is 0 Å². The fraction of sp³-hybridized carbons (Fsp3) is 0.909. The Labute approximate surface area is 90.3 Å². The quantitative estimate of drug-likeness (QED) is 0.657. The molecule has 1 spiro atoms. The van der Waals surface area contributed by atoms with Crippen LogP contribution in [-0.4, -0.2) is 31.5 Å². The van der Waals surface area contributed by atoms with E-state index in [1.165, 1.54) is 0 Å². The topological polar surface area (TPSA) is 47.6 Å². The Balaban J connectivity index is 1.93. The zero-order chi connectivity index (χ0) is 10.6. The largest absolute Gasteiger partial charge is 0.356 e. The first-order valence-electron chi connectivity index (χ1n) is 5.85. The van der Waals surface area contributed by atoms with Gasteiger partial charge in [0.05, 0.1) is 13.2 Å². The predicted octanol–water partition coefficient (Wildman–Crippen LogP) is 1.20. The second kappa shape index (κ2) is 4.94. The molecule has 2 aliphatic rings. The summed E-state index contributed by atoms with van der Waals surface area (Å²) in [6.45, 7) is 2.15. The minimum atomic E-state index is -0.450. The van der Waals surface area contributed by atoms with Crippen LogP contribution >= 0.6 is 0 Å². The van der Waals surface area contributed by atoms with E-state index in [9.17, 15) is 4.79 Å². The third-order valence-electron chi connectivity index (χ3n) is 3.10. The molecule has 0 unspecified atom stereocenters. The van der Waals surface area contributed by atoms with E-state index in [1.54, 1.807) is 0 Å². The summed E-state index contributed by atoms with van der Waals surface area (Å²) < 4.78 is 11.3. The van der Waals surface area contributed by atoms with Crippen molar-refractivity contribution in [1.29, 1.82) is 0 Å². The van der Waals surface area contributed by atoms with Gasteiger partial charge >= 0.3 is 0 Å². The third kappa shape index (κ3) is 2.92. The lowest BCUT2D eigenvalue weighted by Gasteiger charge is -2.28. The van der Waals surface area contributed by atoms with Crippen LogP contribution in [0.3, 0.4) is 0 Å². The molecule has 1 N–H and O–H groups in total. The molecule has 1 amide bonds. The first-order valence-corrected chi connectivity index (χ1v) is 5.85. The van der Waals surface area contributed by atoms with Gasteiger partial charge in [0.2, 0.25) is 5.91 Å². The van der Waals surface area contributed by atoms with Gasteiger partial charge in [-0.25, -0.2) is 0 Å². The van der Waals surface area contributed by atoms with Gasteiger partial charge in [-0.1, -0.05) is 6.42 Å². The van der Waals surface area contributed by atoms with Gasteiger partial charge in [-0.3, -0.25) is 4.79 Å². The predicted molar refractivity (Wildman–Crippen MR) is 55.3 cm³/mol. The van der Waals surface area contributed by atoms with E-state index in [0.717, 1.165) is 32.2 Å². The van der Waals surface area contributed by atoms with Crippen LogP contribution in [0.2, 0.25) is 0 Å². The van der Waals surface area contributed by atoms with Gasteiger partial charge in [-0.15, -0.1) is 0 Å². The average Bonchev–Trinajstić information content (AvgIpc) is 2.70. The normalized spacial score (nSPS) is 27.6. The van der Waals surface area contributed by atoms with Crippen LogP contribution < -0.4 is 5.32 Å². The molecule has 15 heavy (non-hydrogen) atoms. The molecule has 0 aromatic rings. The van der Waals surface area contributed by atoms with E-state index in [-0.39, 0.29) is 5.91 Å². The number of ether oxygens (including phenoxy) is 2. The molecule has 4 nitrogen and oxygen atoms in total. The third-order valence-corrected chi connectivity index (χ3v) is 3.10. The monoisotopic (exact) mass is 213 g/mol. The molecule has 0 saturated carbocycles. The maximum atomic E-state index is 11.4. The fourth-order valence-electron chi connectivity index (χ4n) is 2.23. The van der Waals surface area contributed by atoms with E-state index in [0.29, 0.717) is 26.1 Å². The Morgan fingerprint density at radius 3 is 2.67 bits per heavy atom. The van der Waals surface area contributed by atoms with E-state index >= 15 is 0 Å². The Hall–Kier alpha value is -0.610. The fourth-order valence-corrected chi connectivity index (χ4v) is 2.23. The number of hydrogen-bond donors (Lipinski definition) is 1. The number of hydrogen-bond acceptors (Lipinski definition) is 3. The molecule has 0 aromatic carbocycles. The summed E-state index contributed by atoms with van der Waals surface area (Å²) in [6.07, 6.45) is 5.45. The molecule has 2 rings (SSSR count). The van der Waals surface area contributed by atoms with Crippen molar-refractivity contribution >= 4 is 5.91 Å². The second-order valence-electron chi connectivity index (χ2n) is 4.27. The zero-order valence-electron chi connectivity index (χ0n) is 9.09. The van der Waals surface area contributed by atoms with Crippen LogP contribution in [0.25, 0.3) is 0 Å². The molecule has 4 heteroatoms. The van der Waals surface area contributed by atoms with E-state index < -0.39 is 5.79 Å². The molecule has 0 atom stereocenters. The number of rotatable bonds is 0. The van der Waals surface area contributed by atoms with Crippen LogP contribution in [0.4, 0.5) is 0 Å². The summed E-state index contributed by atoms with van der Waals surface area (Å²) in [5.41, 5.74) is 0. The highest BCUT2D eigenvalue weighted by molar-refractivity contribution is 5.75. The SMILES string of the molecule is O=C1CCC2(CCCCCN1)OCCO2. The molecule has 0 bridgehead atoms. The van der Waals surface area contributed by atoms with Crippen molar-refractivity contribution in [1.82, 2.24) is 5.32 Å². The summed E-state index contributed by atoms with van der Waals surface area (Å²) in [6, 6.07) is 0. The Morgan fingerprint density at radius 1 is 1.07 bits per heavy atom. The number of nitrogens with one attached hydrogen (secondary N) is 1. The first-order chi connectivity index (χ1) is 7.31. The molecule has 2 saturated heterocycles. The van der Waals surface area contributed by atoms with Gasteiger partial charge in [0, 0.05) is 25.8 Å². The standard InChI is InChI=1S/C11H19NO3/c13-10-4-6-11(14-8-9-15-11)5-2-1-3-7-12-10/h1-9H2,(H,12,13). The minimum Gasteiger partial charge on any atom is -0.356 e. The summed E-state index contributed by atoms with van der Waals surface area (Å²) >= 11 is 0. The van der Waals surface area contributed by atoms with Gasteiger partial charge in [0.25, 0.3) is 0 Å². The van der Waals surface area contributed by atoms with Crippen LogP contribution in [0.1, 0.15) is 38.5 Å². The average molecular weight is 213 g/mol. The van der Waals surface area contributed by atoms with Crippen molar-refractivity contribution in [3.8, 4) is 0 Å². The summed E-state index contributed by atoms with van der Waals surface area (Å²) in [5, 5.41) is 2.91. The molecular formula is C11H19NO3. The lowest BCUT2D eigenvalue weighted by molar-refractivity contribution is -0.171. The highest BCUT2D eigenvalue weighted by Crippen LogP contribution is 2.31. The van der Waals surface area contributed by atoms with E-state index in [4.69, 9.17) is 9.47 Å². The van der Waals surface area contributed by atoms with Crippen LogP contribution in [0, 0.1) is 0 Å². The Kier molecular flexibility index (Phi) is 3.59. The van der Waals surface area contributed by atoms with Crippen molar-refractivity contribution in [2.45, 2.75) is 44.3 Å². The Bertz CT molecular complexity index is 224. The van der Waals surface area contributed by atoms with Crippen molar-refractivity contribution < 1.29 is 14.3 Å². The number of carbonyl (C=O) groups is 1. The molecule has 2 heterocycles. The summed E-state index contributed by atoms with van der Waals surface area (Å²) in [7, 11) is 0. The minimum absolute atomic E-state index is 0.121. The molecule has 0 aromatic heterocycles. The van der Waals surface area contributed by atoms with Crippen LogP contribution in [0.5, 0.6) is 0 Å². The number of carbonyl (C=O) groups excluding carboxylic acids is 1. The molecule has 0 radical (unpaired) electrons.